The van der Waals surface area contributed by atoms with Crippen LogP contribution < -0.4 is 15.2 Å². The maximum absolute atomic E-state index is 13.0. The summed E-state index contributed by atoms with van der Waals surface area (Å²) in [5, 5.41) is 0. The largest absolute Gasteiger partial charge is 0.486 e. The molecule has 1 aromatic rings. The molecule has 0 spiro atoms. The molecule has 9 heteroatoms. The number of piperidine rings is 1. The highest BCUT2D eigenvalue weighted by Crippen LogP contribution is 2.39. The zero-order chi connectivity index (χ0) is 15.7. The van der Waals surface area contributed by atoms with Gasteiger partial charge in [-0.15, -0.1) is 12.4 Å². The first-order chi connectivity index (χ1) is 10.5. The quantitative estimate of drug-likeness (QED) is 0.799. The predicted octanol–water partition coefficient (Wildman–Crippen LogP) is 2.14. The molecule has 0 saturated carbocycles. The van der Waals surface area contributed by atoms with Crippen LogP contribution in [0.3, 0.4) is 0 Å². The maximum atomic E-state index is 13.0. The first-order valence-electron chi connectivity index (χ1n) is 7.35. The molecule has 2 aliphatic heterocycles. The number of benzene rings is 1. The third kappa shape index (κ3) is 3.61. The van der Waals surface area contributed by atoms with Crippen LogP contribution in [-0.4, -0.2) is 45.1 Å². The van der Waals surface area contributed by atoms with E-state index in [4.69, 9.17) is 15.2 Å². The van der Waals surface area contributed by atoms with Crippen LogP contribution in [-0.2, 0) is 10.0 Å². The molecule has 0 aromatic heterocycles. The van der Waals surface area contributed by atoms with Gasteiger partial charge >= 0.3 is 0 Å². The molecule has 6 nitrogen and oxygen atoms in total. The number of nitrogens with zero attached hydrogens (tertiary/aromatic N) is 1. The van der Waals surface area contributed by atoms with Gasteiger partial charge in [-0.3, -0.25) is 0 Å². The van der Waals surface area contributed by atoms with Crippen molar-refractivity contribution in [2.75, 3.05) is 26.3 Å². The Balaban J connectivity index is 0.00000192. The lowest BCUT2D eigenvalue weighted by atomic mass is 10.1. The minimum Gasteiger partial charge on any atom is -0.486 e. The number of ether oxygens (including phenoxy) is 2. The molecular weight excluding hydrogens is 408 g/mol. The smallest absolute Gasteiger partial charge is 0.244 e. The number of sulfonamides is 1. The van der Waals surface area contributed by atoms with Crippen molar-refractivity contribution in [3.8, 4) is 11.5 Å². The number of fused-ring (bicyclic) bond motifs is 1. The van der Waals surface area contributed by atoms with Crippen molar-refractivity contribution >= 4 is 38.4 Å². The molecule has 23 heavy (non-hydrogen) atoms. The van der Waals surface area contributed by atoms with E-state index in [2.05, 4.69) is 15.9 Å². The fourth-order valence-electron chi connectivity index (χ4n) is 2.90. The fourth-order valence-corrected chi connectivity index (χ4v) is 5.60. The van der Waals surface area contributed by atoms with Crippen LogP contribution in [0.5, 0.6) is 11.5 Å². The van der Waals surface area contributed by atoms with E-state index in [0.717, 1.165) is 19.3 Å². The van der Waals surface area contributed by atoms with Gasteiger partial charge in [0.25, 0.3) is 0 Å². The van der Waals surface area contributed by atoms with E-state index in [1.54, 1.807) is 6.07 Å². The van der Waals surface area contributed by atoms with Crippen molar-refractivity contribution in [3.63, 3.8) is 0 Å². The fraction of sp³-hybridized carbons (Fsp3) is 0.571. The third-order valence-electron chi connectivity index (χ3n) is 4.03. The predicted molar refractivity (Wildman–Crippen MR) is 93.0 cm³/mol. The van der Waals surface area contributed by atoms with Gasteiger partial charge in [-0.25, -0.2) is 8.42 Å². The number of nitrogens with two attached hydrogens (primary N) is 1. The van der Waals surface area contributed by atoms with E-state index in [-0.39, 0.29) is 23.3 Å². The van der Waals surface area contributed by atoms with Gasteiger partial charge < -0.3 is 15.2 Å². The topological polar surface area (TPSA) is 81.9 Å². The molecule has 1 aromatic carbocycles. The molecule has 3 rings (SSSR count). The average Bonchev–Trinajstić information content (AvgIpc) is 2.54. The van der Waals surface area contributed by atoms with E-state index >= 15 is 0 Å². The van der Waals surface area contributed by atoms with Crippen LogP contribution >= 0.6 is 28.3 Å². The van der Waals surface area contributed by atoms with Gasteiger partial charge in [0.05, 0.1) is 0 Å². The van der Waals surface area contributed by atoms with E-state index < -0.39 is 10.0 Å². The highest BCUT2D eigenvalue weighted by molar-refractivity contribution is 9.10. The third-order valence-corrected chi connectivity index (χ3v) is 6.94. The molecule has 2 aliphatic rings. The van der Waals surface area contributed by atoms with Crippen LogP contribution in [0.2, 0.25) is 0 Å². The molecule has 1 atom stereocenters. The lowest BCUT2D eigenvalue weighted by molar-refractivity contribution is 0.170. The van der Waals surface area contributed by atoms with E-state index in [1.807, 2.05) is 0 Å². The van der Waals surface area contributed by atoms with E-state index in [9.17, 15) is 8.42 Å². The van der Waals surface area contributed by atoms with Gasteiger partial charge in [0.1, 0.15) is 18.1 Å². The van der Waals surface area contributed by atoms with Crippen molar-refractivity contribution in [3.05, 3.63) is 16.6 Å². The summed E-state index contributed by atoms with van der Waals surface area (Å²) >= 11 is 3.35. The number of rotatable bonds is 3. The van der Waals surface area contributed by atoms with Gasteiger partial charge in [-0.1, -0.05) is 6.42 Å². The summed E-state index contributed by atoms with van der Waals surface area (Å²) in [7, 11) is -3.62. The second kappa shape index (κ2) is 7.57. The minimum atomic E-state index is -3.62. The summed E-state index contributed by atoms with van der Waals surface area (Å²) < 4.78 is 39.0. The van der Waals surface area contributed by atoms with E-state index in [0.29, 0.717) is 42.3 Å². The molecule has 0 amide bonds. The van der Waals surface area contributed by atoms with Crippen LogP contribution in [0, 0.1) is 0 Å². The number of halogens is 2. The average molecular weight is 428 g/mol. The first kappa shape index (κ1) is 18.8. The van der Waals surface area contributed by atoms with Gasteiger partial charge in [-0.2, -0.15) is 4.31 Å². The lowest BCUT2D eigenvalue weighted by Crippen LogP contribution is -2.47. The van der Waals surface area contributed by atoms with Crippen molar-refractivity contribution < 1.29 is 17.9 Å². The highest BCUT2D eigenvalue weighted by Gasteiger charge is 2.35. The number of hydrogen-bond donors (Lipinski definition) is 1. The normalized spacial score (nSPS) is 21.6. The Morgan fingerprint density at radius 1 is 1.22 bits per heavy atom. The standard InChI is InChI=1S/C14H19BrN2O4S.ClH/c15-11-7-12-13(21-6-5-20-12)8-14(11)22(18,19)17-4-2-1-3-10(17)9-16;/h7-8,10H,1-6,9,16H2;1H. The minimum absolute atomic E-state index is 0. The monoisotopic (exact) mass is 426 g/mol. The summed E-state index contributed by atoms with van der Waals surface area (Å²) in [6, 6.07) is 3.05. The van der Waals surface area contributed by atoms with Gasteiger partial charge in [-0.05, 0) is 34.8 Å². The second-order valence-corrected chi connectivity index (χ2v) is 8.14. The van der Waals surface area contributed by atoms with Crippen molar-refractivity contribution in [1.29, 1.82) is 0 Å². The molecule has 130 valence electrons. The Hall–Kier alpha value is -0.540. The summed E-state index contributed by atoms with van der Waals surface area (Å²) in [4.78, 5) is 0.206. The van der Waals surface area contributed by atoms with Crippen LogP contribution in [0.1, 0.15) is 19.3 Å². The van der Waals surface area contributed by atoms with Crippen LogP contribution in [0.15, 0.2) is 21.5 Å². The zero-order valence-corrected chi connectivity index (χ0v) is 15.8. The number of hydrogen-bond acceptors (Lipinski definition) is 5. The van der Waals surface area contributed by atoms with Gasteiger partial charge in [0, 0.05) is 29.7 Å². The molecular formula is C14H20BrClN2O4S. The van der Waals surface area contributed by atoms with Gasteiger partial charge in [0.2, 0.25) is 10.0 Å². The van der Waals surface area contributed by atoms with E-state index in [1.165, 1.54) is 10.4 Å². The highest BCUT2D eigenvalue weighted by atomic mass is 79.9. The molecule has 1 fully saturated rings. The molecule has 1 unspecified atom stereocenters. The maximum Gasteiger partial charge on any atom is 0.244 e. The molecule has 2 N–H and O–H groups in total. The van der Waals surface area contributed by atoms with Crippen LogP contribution in [0.25, 0.3) is 0 Å². The summed E-state index contributed by atoms with van der Waals surface area (Å²) in [5.74, 6) is 1.03. The van der Waals surface area contributed by atoms with Gasteiger partial charge in [0.15, 0.2) is 11.5 Å². The molecule has 0 radical (unpaired) electrons. The summed E-state index contributed by atoms with van der Waals surface area (Å²) in [6.07, 6.45) is 2.67. The Bertz CT molecular complexity index is 671. The van der Waals surface area contributed by atoms with Crippen LogP contribution in [0.4, 0.5) is 0 Å². The molecule has 0 aliphatic carbocycles. The summed E-state index contributed by atoms with van der Waals surface area (Å²) in [6.45, 7) is 1.72. The summed E-state index contributed by atoms with van der Waals surface area (Å²) in [5.41, 5.74) is 5.75. The van der Waals surface area contributed by atoms with Crippen molar-refractivity contribution in [1.82, 2.24) is 4.31 Å². The SMILES string of the molecule is Cl.NCC1CCCCN1S(=O)(=O)c1cc2c(cc1Br)OCCO2. The Morgan fingerprint density at radius 2 is 1.87 bits per heavy atom. The molecule has 1 saturated heterocycles. The Morgan fingerprint density at radius 3 is 2.52 bits per heavy atom. The lowest BCUT2D eigenvalue weighted by Gasteiger charge is -2.34. The molecule has 2 heterocycles. The Labute approximate surface area is 150 Å². The molecule has 0 bridgehead atoms. The second-order valence-electron chi connectivity index (χ2n) is 5.43. The Kier molecular flexibility index (Phi) is 6.18. The first-order valence-corrected chi connectivity index (χ1v) is 9.58. The zero-order valence-electron chi connectivity index (χ0n) is 12.5. The van der Waals surface area contributed by atoms with Crippen molar-refractivity contribution in [2.24, 2.45) is 5.73 Å². The van der Waals surface area contributed by atoms with Crippen molar-refractivity contribution in [2.45, 2.75) is 30.2 Å².